The van der Waals surface area contributed by atoms with Crippen LogP contribution in [0.3, 0.4) is 0 Å². The Kier molecular flexibility index (Phi) is 4.72. The molecule has 4 rings (SSSR count). The van der Waals surface area contributed by atoms with Gasteiger partial charge in [-0.1, -0.05) is 54.1 Å². The molecule has 1 aliphatic carbocycles. The summed E-state index contributed by atoms with van der Waals surface area (Å²) in [6.45, 7) is 0.264. The SMILES string of the molecule is O=c1c(Cl)c(NCC2(O)CCCc3ccccc32)cnn1-c1ccccc1. The van der Waals surface area contributed by atoms with Crippen LogP contribution in [0.5, 0.6) is 0 Å². The molecular formula is C21H20ClN3O2. The standard InChI is InChI=1S/C21H20ClN3O2/c22-19-18(13-24-25(20(19)26)16-9-2-1-3-10-16)23-14-21(27)12-6-8-15-7-4-5-11-17(15)21/h1-5,7,9-11,13,23,27H,6,8,12,14H2. The van der Waals surface area contributed by atoms with Crippen molar-refractivity contribution in [3.05, 3.63) is 87.3 Å². The third-order valence-corrected chi connectivity index (χ3v) is 5.41. The number of nitrogens with one attached hydrogen (secondary N) is 1. The maximum absolute atomic E-state index is 12.6. The van der Waals surface area contributed by atoms with Crippen LogP contribution in [0.4, 0.5) is 5.69 Å². The van der Waals surface area contributed by atoms with Crippen molar-refractivity contribution in [1.82, 2.24) is 9.78 Å². The third kappa shape index (κ3) is 3.36. The third-order valence-electron chi connectivity index (χ3n) is 5.05. The molecule has 1 aromatic heterocycles. The Morgan fingerprint density at radius 3 is 2.70 bits per heavy atom. The first-order valence-corrected chi connectivity index (χ1v) is 9.34. The van der Waals surface area contributed by atoms with Gasteiger partial charge < -0.3 is 10.4 Å². The summed E-state index contributed by atoms with van der Waals surface area (Å²) in [5.41, 5.74) is 1.78. The highest BCUT2D eigenvalue weighted by molar-refractivity contribution is 6.32. The molecule has 0 saturated heterocycles. The van der Waals surface area contributed by atoms with Crippen LogP contribution in [0, 0.1) is 0 Å². The molecule has 6 heteroatoms. The molecule has 0 aliphatic heterocycles. The smallest absolute Gasteiger partial charge is 0.292 e. The van der Waals surface area contributed by atoms with Gasteiger partial charge in [0.15, 0.2) is 0 Å². The van der Waals surface area contributed by atoms with E-state index in [-0.39, 0.29) is 11.6 Å². The van der Waals surface area contributed by atoms with Crippen LogP contribution in [0.25, 0.3) is 5.69 Å². The first-order valence-electron chi connectivity index (χ1n) is 8.96. The zero-order valence-electron chi connectivity index (χ0n) is 14.7. The number of aryl methyl sites for hydroxylation is 1. The number of rotatable bonds is 4. The molecule has 1 atom stereocenters. The van der Waals surface area contributed by atoms with E-state index in [1.807, 2.05) is 36.4 Å². The molecule has 27 heavy (non-hydrogen) atoms. The second kappa shape index (κ2) is 7.18. The lowest BCUT2D eigenvalue weighted by atomic mass is 9.79. The molecule has 2 N–H and O–H groups in total. The monoisotopic (exact) mass is 381 g/mol. The predicted octanol–water partition coefficient (Wildman–Crippen LogP) is 3.52. The van der Waals surface area contributed by atoms with E-state index in [2.05, 4.69) is 16.5 Å². The molecule has 1 aliphatic rings. The molecule has 2 aromatic carbocycles. The van der Waals surface area contributed by atoms with Gasteiger partial charge in [0.05, 0.1) is 17.6 Å². The fourth-order valence-corrected chi connectivity index (χ4v) is 3.83. The van der Waals surface area contributed by atoms with E-state index in [0.717, 1.165) is 24.0 Å². The molecule has 0 spiro atoms. The van der Waals surface area contributed by atoms with Crippen LogP contribution < -0.4 is 10.9 Å². The maximum Gasteiger partial charge on any atom is 0.292 e. The molecular weight excluding hydrogens is 362 g/mol. The second-order valence-electron chi connectivity index (χ2n) is 6.82. The van der Waals surface area contributed by atoms with Crippen molar-refractivity contribution in [1.29, 1.82) is 0 Å². The number of hydrogen-bond acceptors (Lipinski definition) is 4. The number of fused-ring (bicyclic) bond motifs is 1. The molecule has 0 radical (unpaired) electrons. The summed E-state index contributed by atoms with van der Waals surface area (Å²) in [6, 6.07) is 17.1. The van der Waals surface area contributed by atoms with Crippen LogP contribution in [0.1, 0.15) is 24.0 Å². The fourth-order valence-electron chi connectivity index (χ4n) is 3.63. The number of hydrogen-bond donors (Lipinski definition) is 2. The van der Waals surface area contributed by atoms with E-state index in [1.165, 1.54) is 10.9 Å². The highest BCUT2D eigenvalue weighted by Gasteiger charge is 2.34. The van der Waals surface area contributed by atoms with Crippen molar-refractivity contribution in [2.75, 3.05) is 11.9 Å². The van der Waals surface area contributed by atoms with Crippen LogP contribution in [-0.2, 0) is 12.0 Å². The largest absolute Gasteiger partial charge is 0.383 e. The Balaban J connectivity index is 1.60. The van der Waals surface area contributed by atoms with Crippen LogP contribution in [0.2, 0.25) is 5.02 Å². The summed E-state index contributed by atoms with van der Waals surface area (Å²) >= 11 is 6.29. The van der Waals surface area contributed by atoms with Gasteiger partial charge in [-0.15, -0.1) is 0 Å². The number of aliphatic hydroxyl groups is 1. The minimum Gasteiger partial charge on any atom is -0.383 e. The summed E-state index contributed by atoms with van der Waals surface area (Å²) in [6.07, 6.45) is 4.06. The Morgan fingerprint density at radius 1 is 1.15 bits per heavy atom. The predicted molar refractivity (Wildman–Crippen MR) is 107 cm³/mol. The van der Waals surface area contributed by atoms with E-state index in [1.54, 1.807) is 12.1 Å². The molecule has 0 saturated carbocycles. The summed E-state index contributed by atoms with van der Waals surface area (Å²) in [4.78, 5) is 12.6. The number of aromatic nitrogens is 2. The van der Waals surface area contributed by atoms with Crippen molar-refractivity contribution < 1.29 is 5.11 Å². The number of anilines is 1. The van der Waals surface area contributed by atoms with E-state index in [0.29, 0.717) is 17.8 Å². The van der Waals surface area contributed by atoms with E-state index in [4.69, 9.17) is 11.6 Å². The van der Waals surface area contributed by atoms with Crippen LogP contribution in [0.15, 0.2) is 65.6 Å². The van der Waals surface area contributed by atoms with Gasteiger partial charge in [0, 0.05) is 6.54 Å². The van der Waals surface area contributed by atoms with Gasteiger partial charge >= 0.3 is 0 Å². The average molecular weight is 382 g/mol. The van der Waals surface area contributed by atoms with Gasteiger partial charge in [-0.3, -0.25) is 4.79 Å². The lowest BCUT2D eigenvalue weighted by molar-refractivity contribution is 0.0323. The van der Waals surface area contributed by atoms with Crippen LogP contribution in [-0.4, -0.2) is 21.4 Å². The fraction of sp³-hybridized carbons (Fsp3) is 0.238. The van der Waals surface area contributed by atoms with Gasteiger partial charge in [-0.05, 0) is 42.5 Å². The quantitative estimate of drug-likeness (QED) is 0.725. The molecule has 1 unspecified atom stereocenters. The second-order valence-corrected chi connectivity index (χ2v) is 7.20. The first-order chi connectivity index (χ1) is 13.1. The Hall–Kier alpha value is -2.63. The molecule has 1 heterocycles. The normalized spacial score (nSPS) is 18.7. The average Bonchev–Trinajstić information content (AvgIpc) is 2.70. The van der Waals surface area contributed by atoms with Crippen molar-refractivity contribution in [3.8, 4) is 5.69 Å². The minimum absolute atomic E-state index is 0.0570. The van der Waals surface area contributed by atoms with Crippen molar-refractivity contribution >= 4 is 17.3 Å². The topological polar surface area (TPSA) is 67.2 Å². The molecule has 3 aromatic rings. The van der Waals surface area contributed by atoms with Gasteiger partial charge in [-0.25, -0.2) is 0 Å². The maximum atomic E-state index is 12.6. The zero-order valence-corrected chi connectivity index (χ0v) is 15.5. The summed E-state index contributed by atoms with van der Waals surface area (Å²) < 4.78 is 1.26. The summed E-state index contributed by atoms with van der Waals surface area (Å²) in [5.74, 6) is 0. The first kappa shape index (κ1) is 17.8. The summed E-state index contributed by atoms with van der Waals surface area (Å²) in [5, 5.41) is 18.6. The molecule has 5 nitrogen and oxygen atoms in total. The minimum atomic E-state index is -0.994. The van der Waals surface area contributed by atoms with Gasteiger partial charge in [0.2, 0.25) is 0 Å². The van der Waals surface area contributed by atoms with E-state index < -0.39 is 11.2 Å². The lowest BCUT2D eigenvalue weighted by Gasteiger charge is -2.35. The van der Waals surface area contributed by atoms with Crippen molar-refractivity contribution in [2.24, 2.45) is 0 Å². The Morgan fingerprint density at radius 2 is 1.89 bits per heavy atom. The number of nitrogens with zero attached hydrogens (tertiary/aromatic N) is 2. The molecule has 138 valence electrons. The van der Waals surface area contributed by atoms with Crippen molar-refractivity contribution in [3.63, 3.8) is 0 Å². The van der Waals surface area contributed by atoms with Crippen LogP contribution >= 0.6 is 11.6 Å². The highest BCUT2D eigenvalue weighted by Crippen LogP contribution is 2.35. The Labute approximate surface area is 162 Å². The highest BCUT2D eigenvalue weighted by atomic mass is 35.5. The zero-order chi connectivity index (χ0) is 18.9. The van der Waals surface area contributed by atoms with E-state index in [9.17, 15) is 9.90 Å². The molecule has 0 fully saturated rings. The van der Waals surface area contributed by atoms with E-state index >= 15 is 0 Å². The number of halogens is 1. The number of para-hydroxylation sites is 1. The van der Waals surface area contributed by atoms with Gasteiger partial charge in [-0.2, -0.15) is 9.78 Å². The summed E-state index contributed by atoms with van der Waals surface area (Å²) in [7, 11) is 0. The molecule has 0 amide bonds. The van der Waals surface area contributed by atoms with Gasteiger partial charge in [0.25, 0.3) is 5.56 Å². The number of benzene rings is 2. The van der Waals surface area contributed by atoms with Gasteiger partial charge in [0.1, 0.15) is 10.6 Å². The lowest BCUT2D eigenvalue weighted by Crippen LogP contribution is -2.38. The van der Waals surface area contributed by atoms with Crippen molar-refractivity contribution in [2.45, 2.75) is 24.9 Å². The molecule has 0 bridgehead atoms. The Bertz CT molecular complexity index is 1020.